The minimum Gasteiger partial charge on any atom is -0.0999 e. The summed E-state index contributed by atoms with van der Waals surface area (Å²) in [4.78, 5) is 0. The molecule has 0 amide bonds. The smallest absolute Gasteiger partial charge is 0.0606 e. The molecule has 0 saturated carbocycles. The molecule has 0 atom stereocenters. The van der Waals surface area contributed by atoms with Crippen LogP contribution in [0.15, 0.2) is 18.2 Å². The zero-order valence-electron chi connectivity index (χ0n) is 7.81. The first-order valence-corrected chi connectivity index (χ1v) is 3.82. The first kappa shape index (κ1) is 10.3. The SMILES string of the molecule is Cc1cccc(C)c1C.[B]C. The molecular weight excluding hydrogens is 131 g/mol. The second-order valence-electron chi connectivity index (χ2n) is 2.52. The Labute approximate surface area is 71.0 Å². The summed E-state index contributed by atoms with van der Waals surface area (Å²) < 4.78 is 0. The monoisotopic (exact) mass is 146 g/mol. The summed E-state index contributed by atoms with van der Waals surface area (Å²) in [6.45, 7) is 7.94. The van der Waals surface area contributed by atoms with Gasteiger partial charge in [-0.2, -0.15) is 0 Å². The Balaban J connectivity index is 0.000000461. The highest BCUT2D eigenvalue weighted by molar-refractivity contribution is 6.05. The summed E-state index contributed by atoms with van der Waals surface area (Å²) in [5, 5.41) is 0. The fourth-order valence-electron chi connectivity index (χ4n) is 0.898. The molecule has 11 heavy (non-hydrogen) atoms. The van der Waals surface area contributed by atoms with E-state index in [9.17, 15) is 0 Å². The molecule has 0 aliphatic carbocycles. The molecule has 0 bridgehead atoms. The number of hydrogen-bond donors (Lipinski definition) is 0. The van der Waals surface area contributed by atoms with Gasteiger partial charge >= 0.3 is 0 Å². The third-order valence-corrected chi connectivity index (χ3v) is 1.88. The van der Waals surface area contributed by atoms with Crippen LogP contribution in [0.3, 0.4) is 0 Å². The van der Waals surface area contributed by atoms with Crippen molar-refractivity contribution in [3.63, 3.8) is 0 Å². The normalized spacial score (nSPS) is 8.36. The van der Waals surface area contributed by atoms with Gasteiger partial charge < -0.3 is 0 Å². The van der Waals surface area contributed by atoms with Gasteiger partial charge in [-0.1, -0.05) is 25.0 Å². The van der Waals surface area contributed by atoms with E-state index >= 15 is 0 Å². The lowest BCUT2D eigenvalue weighted by molar-refractivity contribution is 1.27. The van der Waals surface area contributed by atoms with Crippen LogP contribution in [0.25, 0.3) is 0 Å². The topological polar surface area (TPSA) is 0 Å². The maximum atomic E-state index is 4.50. The van der Waals surface area contributed by atoms with Crippen molar-refractivity contribution in [1.29, 1.82) is 0 Å². The molecule has 0 saturated heterocycles. The Kier molecular flexibility index (Phi) is 4.68. The van der Waals surface area contributed by atoms with Crippen LogP contribution < -0.4 is 0 Å². The molecule has 1 aromatic rings. The summed E-state index contributed by atoms with van der Waals surface area (Å²) in [6, 6.07) is 6.38. The Morgan fingerprint density at radius 1 is 0.909 bits per heavy atom. The van der Waals surface area contributed by atoms with Crippen LogP contribution in [-0.2, 0) is 0 Å². The lowest BCUT2D eigenvalue weighted by Crippen LogP contribution is -1.82. The van der Waals surface area contributed by atoms with E-state index in [1.807, 2.05) is 0 Å². The van der Waals surface area contributed by atoms with Crippen LogP contribution in [0.1, 0.15) is 16.7 Å². The molecule has 1 rings (SSSR count). The first-order valence-electron chi connectivity index (χ1n) is 3.82. The highest BCUT2D eigenvalue weighted by Crippen LogP contribution is 2.09. The molecule has 0 spiro atoms. The van der Waals surface area contributed by atoms with Crippen LogP contribution in [0, 0.1) is 20.8 Å². The van der Waals surface area contributed by atoms with Gasteiger partial charge in [0.05, 0.1) is 7.85 Å². The Hall–Kier alpha value is -0.715. The van der Waals surface area contributed by atoms with Crippen molar-refractivity contribution >= 4 is 7.85 Å². The minimum atomic E-state index is 1.38. The number of rotatable bonds is 0. The van der Waals surface area contributed by atoms with Gasteiger partial charge in [-0.25, -0.2) is 0 Å². The highest BCUT2D eigenvalue weighted by atomic mass is 14.0. The predicted molar refractivity (Wildman–Crippen MR) is 52.3 cm³/mol. The molecule has 1 aromatic carbocycles. The van der Waals surface area contributed by atoms with E-state index in [4.69, 9.17) is 0 Å². The number of aryl methyl sites for hydroxylation is 2. The fourth-order valence-corrected chi connectivity index (χ4v) is 0.898. The van der Waals surface area contributed by atoms with E-state index in [0.717, 1.165) is 0 Å². The molecule has 0 aromatic heterocycles. The van der Waals surface area contributed by atoms with Crippen molar-refractivity contribution in [2.45, 2.75) is 27.6 Å². The molecule has 58 valence electrons. The quantitative estimate of drug-likeness (QED) is 0.493. The van der Waals surface area contributed by atoms with Crippen molar-refractivity contribution < 1.29 is 0 Å². The highest BCUT2D eigenvalue weighted by Gasteiger charge is 1.91. The van der Waals surface area contributed by atoms with Gasteiger partial charge in [0, 0.05) is 0 Å². The minimum absolute atomic E-state index is 1.38. The summed E-state index contributed by atoms with van der Waals surface area (Å²) >= 11 is 0. The van der Waals surface area contributed by atoms with Crippen LogP contribution in [-0.4, -0.2) is 7.85 Å². The zero-order valence-corrected chi connectivity index (χ0v) is 7.81. The molecule has 0 aliphatic rings. The zero-order chi connectivity index (χ0) is 8.85. The van der Waals surface area contributed by atoms with Crippen molar-refractivity contribution in [1.82, 2.24) is 0 Å². The van der Waals surface area contributed by atoms with E-state index in [-0.39, 0.29) is 0 Å². The van der Waals surface area contributed by atoms with Crippen LogP contribution in [0.2, 0.25) is 6.82 Å². The predicted octanol–water partition coefficient (Wildman–Crippen LogP) is 2.81. The third kappa shape index (κ3) is 2.79. The molecule has 0 unspecified atom stereocenters. The second kappa shape index (κ2) is 5.00. The van der Waals surface area contributed by atoms with Gasteiger partial charge in [-0.15, -0.1) is 0 Å². The van der Waals surface area contributed by atoms with E-state index < -0.39 is 0 Å². The number of hydrogen-bond acceptors (Lipinski definition) is 0. The number of benzene rings is 1. The van der Waals surface area contributed by atoms with Crippen molar-refractivity contribution in [2.24, 2.45) is 0 Å². The van der Waals surface area contributed by atoms with E-state index in [0.29, 0.717) is 0 Å². The first-order chi connectivity index (χ1) is 5.22. The lowest BCUT2D eigenvalue weighted by atomic mass is 10.1. The molecule has 1 heteroatoms. The van der Waals surface area contributed by atoms with E-state index in [1.165, 1.54) is 23.5 Å². The van der Waals surface area contributed by atoms with Gasteiger partial charge in [0.1, 0.15) is 0 Å². The molecule has 0 heterocycles. The van der Waals surface area contributed by atoms with Gasteiger partial charge in [-0.05, 0) is 37.5 Å². The average Bonchev–Trinajstić information content (AvgIpc) is 2.04. The summed E-state index contributed by atoms with van der Waals surface area (Å²) in [5.74, 6) is 0. The maximum Gasteiger partial charge on any atom is 0.0606 e. The standard InChI is InChI=1S/C9H12.CH3B/c1-7-5-4-6-8(2)9(7)3;1-2/h4-6H,1-3H3;1H3. The molecule has 0 nitrogen and oxygen atoms in total. The molecular formula is C10H15B. The molecule has 0 N–H and O–H groups in total. The largest absolute Gasteiger partial charge is 0.0999 e. The second-order valence-corrected chi connectivity index (χ2v) is 2.52. The molecule has 0 aliphatic heterocycles. The lowest BCUT2D eigenvalue weighted by Gasteiger charge is -2.00. The van der Waals surface area contributed by atoms with Crippen LogP contribution in [0.5, 0.6) is 0 Å². The molecule has 0 fully saturated rings. The summed E-state index contributed by atoms with van der Waals surface area (Å²) in [5.41, 5.74) is 4.18. The van der Waals surface area contributed by atoms with Crippen LogP contribution >= 0.6 is 0 Å². The van der Waals surface area contributed by atoms with Gasteiger partial charge in [0.15, 0.2) is 0 Å². The third-order valence-electron chi connectivity index (χ3n) is 1.88. The van der Waals surface area contributed by atoms with Crippen molar-refractivity contribution in [3.8, 4) is 0 Å². The van der Waals surface area contributed by atoms with Crippen LogP contribution in [0.4, 0.5) is 0 Å². The average molecular weight is 146 g/mol. The Morgan fingerprint density at radius 2 is 1.27 bits per heavy atom. The van der Waals surface area contributed by atoms with Crippen molar-refractivity contribution in [3.05, 3.63) is 34.9 Å². The molecule has 2 radical (unpaired) electrons. The van der Waals surface area contributed by atoms with E-state index in [2.05, 4.69) is 46.8 Å². The maximum absolute atomic E-state index is 4.50. The van der Waals surface area contributed by atoms with Gasteiger partial charge in [0.2, 0.25) is 0 Å². The summed E-state index contributed by atoms with van der Waals surface area (Å²) in [6.07, 6.45) is 0. The Bertz CT molecular complexity index is 196. The Morgan fingerprint density at radius 3 is 1.55 bits per heavy atom. The summed E-state index contributed by atoms with van der Waals surface area (Å²) in [7, 11) is 4.50. The fraction of sp³-hybridized carbons (Fsp3) is 0.400. The van der Waals surface area contributed by atoms with Gasteiger partial charge in [0.25, 0.3) is 0 Å². The van der Waals surface area contributed by atoms with Gasteiger partial charge in [-0.3, -0.25) is 0 Å². The van der Waals surface area contributed by atoms with E-state index in [1.54, 1.807) is 0 Å². The van der Waals surface area contributed by atoms with Crippen molar-refractivity contribution in [2.75, 3.05) is 0 Å².